The first-order valence-corrected chi connectivity index (χ1v) is 11.1. The second-order valence-corrected chi connectivity index (χ2v) is 10.6. The van der Waals surface area contributed by atoms with E-state index in [2.05, 4.69) is 18.6 Å². The number of hydrogen-bond acceptors (Lipinski definition) is 4. The maximum atomic E-state index is 12.8. The zero-order chi connectivity index (χ0) is 16.5. The summed E-state index contributed by atoms with van der Waals surface area (Å²) in [6.45, 7) is 5.92. The lowest BCUT2D eigenvalue weighted by molar-refractivity contribution is 0.200. The molecule has 2 rings (SSSR count). The molecule has 2 aliphatic rings. The third kappa shape index (κ3) is 4.64. The van der Waals surface area contributed by atoms with E-state index >= 15 is 0 Å². The Morgan fingerprint density at radius 3 is 2.09 bits per heavy atom. The van der Waals surface area contributed by atoms with Gasteiger partial charge in [0.1, 0.15) is 0 Å². The molecule has 7 nitrogen and oxygen atoms in total. The van der Waals surface area contributed by atoms with Gasteiger partial charge < -0.3 is 0 Å². The van der Waals surface area contributed by atoms with Gasteiger partial charge in [-0.2, -0.15) is 17.0 Å². The second kappa shape index (κ2) is 6.72. The van der Waals surface area contributed by atoms with Crippen LogP contribution in [0.5, 0.6) is 0 Å². The predicted octanol–water partition coefficient (Wildman–Crippen LogP) is 0.223. The summed E-state index contributed by atoms with van der Waals surface area (Å²) in [7, 11) is -6.83. The molecule has 22 heavy (non-hydrogen) atoms. The Labute approximate surface area is 134 Å². The van der Waals surface area contributed by atoms with Gasteiger partial charge in [-0.3, -0.25) is 0 Å². The van der Waals surface area contributed by atoms with Gasteiger partial charge >= 0.3 is 0 Å². The standard InChI is InChI=1S/C13H27N3O4S2/c1-11-7-12(2)9-16(8-11)22(19,20)15-6-4-5-13(10-15)14-21(3,17)18/h11-14H,4-10H2,1-3H3/t11-,12+,13-/m1/s1. The molecule has 0 radical (unpaired) electrons. The Kier molecular flexibility index (Phi) is 5.54. The topological polar surface area (TPSA) is 86.8 Å². The molecule has 3 atom stereocenters. The summed E-state index contributed by atoms with van der Waals surface area (Å²) in [6.07, 6.45) is 3.50. The normalized spacial score (nSPS) is 33.0. The number of sulfonamides is 1. The summed E-state index contributed by atoms with van der Waals surface area (Å²) < 4.78 is 53.9. The number of nitrogens with one attached hydrogen (secondary N) is 1. The van der Waals surface area contributed by atoms with Gasteiger partial charge in [-0.05, 0) is 31.1 Å². The molecule has 0 aromatic carbocycles. The fourth-order valence-electron chi connectivity index (χ4n) is 3.51. The van der Waals surface area contributed by atoms with Crippen molar-refractivity contribution in [3.63, 3.8) is 0 Å². The van der Waals surface area contributed by atoms with Gasteiger partial charge in [-0.15, -0.1) is 0 Å². The molecule has 0 saturated carbocycles. The van der Waals surface area contributed by atoms with E-state index in [0.717, 1.165) is 12.7 Å². The predicted molar refractivity (Wildman–Crippen MR) is 86.0 cm³/mol. The van der Waals surface area contributed by atoms with Crippen LogP contribution in [0.1, 0.15) is 33.1 Å². The molecule has 0 aliphatic carbocycles. The minimum atomic E-state index is -3.51. The van der Waals surface area contributed by atoms with Crippen LogP contribution in [-0.2, 0) is 20.2 Å². The summed E-state index contributed by atoms with van der Waals surface area (Å²) in [5, 5.41) is 0. The highest BCUT2D eigenvalue weighted by molar-refractivity contribution is 7.88. The third-order valence-electron chi connectivity index (χ3n) is 4.25. The molecule has 2 heterocycles. The molecule has 0 amide bonds. The Balaban J connectivity index is 2.08. The minimum Gasteiger partial charge on any atom is -0.213 e. The fourth-order valence-corrected chi connectivity index (χ4v) is 6.25. The quantitative estimate of drug-likeness (QED) is 0.783. The Bertz CT molecular complexity index is 580. The molecule has 2 fully saturated rings. The van der Waals surface area contributed by atoms with Crippen LogP contribution in [-0.4, -0.2) is 63.9 Å². The molecule has 2 saturated heterocycles. The Hall–Kier alpha value is -0.220. The Morgan fingerprint density at radius 2 is 1.55 bits per heavy atom. The highest BCUT2D eigenvalue weighted by atomic mass is 32.2. The summed E-state index contributed by atoms with van der Waals surface area (Å²) in [4.78, 5) is 0. The van der Waals surface area contributed by atoms with E-state index in [-0.39, 0.29) is 12.6 Å². The molecule has 0 aromatic heterocycles. The molecule has 1 N–H and O–H groups in total. The summed E-state index contributed by atoms with van der Waals surface area (Å²) >= 11 is 0. The molecule has 2 aliphatic heterocycles. The minimum absolute atomic E-state index is 0.217. The van der Waals surface area contributed by atoms with E-state index in [0.29, 0.717) is 44.3 Å². The van der Waals surface area contributed by atoms with Crippen molar-refractivity contribution in [2.24, 2.45) is 11.8 Å². The highest BCUT2D eigenvalue weighted by Gasteiger charge is 2.37. The fraction of sp³-hybridized carbons (Fsp3) is 1.00. The first kappa shape index (κ1) is 18.1. The zero-order valence-electron chi connectivity index (χ0n) is 13.5. The van der Waals surface area contributed by atoms with Gasteiger partial charge in [0.15, 0.2) is 0 Å². The van der Waals surface area contributed by atoms with Gasteiger partial charge in [0.25, 0.3) is 10.2 Å². The number of hydrogen-bond donors (Lipinski definition) is 1. The van der Waals surface area contributed by atoms with Crippen LogP contribution in [0.2, 0.25) is 0 Å². The maximum absolute atomic E-state index is 12.8. The van der Waals surface area contributed by atoms with Crippen LogP contribution in [0.15, 0.2) is 0 Å². The van der Waals surface area contributed by atoms with E-state index in [1.165, 1.54) is 4.31 Å². The van der Waals surface area contributed by atoms with Crippen LogP contribution in [0.25, 0.3) is 0 Å². The summed E-state index contributed by atoms with van der Waals surface area (Å²) in [5.74, 6) is 0.710. The van der Waals surface area contributed by atoms with Crippen LogP contribution in [0, 0.1) is 11.8 Å². The van der Waals surface area contributed by atoms with Crippen molar-refractivity contribution in [3.05, 3.63) is 0 Å². The van der Waals surface area contributed by atoms with Gasteiger partial charge in [-0.25, -0.2) is 13.1 Å². The largest absolute Gasteiger partial charge is 0.282 e. The van der Waals surface area contributed by atoms with Crippen molar-refractivity contribution in [2.75, 3.05) is 32.4 Å². The van der Waals surface area contributed by atoms with Crippen LogP contribution >= 0.6 is 0 Å². The highest BCUT2D eigenvalue weighted by Crippen LogP contribution is 2.26. The van der Waals surface area contributed by atoms with Crippen molar-refractivity contribution < 1.29 is 16.8 Å². The number of rotatable bonds is 4. The van der Waals surface area contributed by atoms with Gasteiger partial charge in [0, 0.05) is 32.2 Å². The SMILES string of the molecule is C[C@@H]1C[C@H](C)CN(S(=O)(=O)N2CCC[C@@H](NS(C)(=O)=O)C2)C1. The average molecular weight is 354 g/mol. The average Bonchev–Trinajstić information content (AvgIpc) is 2.35. The van der Waals surface area contributed by atoms with E-state index in [1.54, 1.807) is 4.31 Å². The van der Waals surface area contributed by atoms with Crippen LogP contribution in [0.4, 0.5) is 0 Å². The smallest absolute Gasteiger partial charge is 0.213 e. The van der Waals surface area contributed by atoms with Crippen molar-refractivity contribution in [1.82, 2.24) is 13.3 Å². The van der Waals surface area contributed by atoms with Crippen molar-refractivity contribution in [1.29, 1.82) is 0 Å². The van der Waals surface area contributed by atoms with Gasteiger partial charge in [0.2, 0.25) is 10.0 Å². The summed E-state index contributed by atoms with van der Waals surface area (Å²) in [6, 6.07) is -0.335. The molecule has 0 bridgehead atoms. The van der Waals surface area contributed by atoms with Gasteiger partial charge in [0.05, 0.1) is 6.26 Å². The molecule has 0 spiro atoms. The van der Waals surface area contributed by atoms with Crippen LogP contribution < -0.4 is 4.72 Å². The van der Waals surface area contributed by atoms with Gasteiger partial charge in [-0.1, -0.05) is 13.8 Å². The second-order valence-electron chi connectivity index (χ2n) is 6.86. The van der Waals surface area contributed by atoms with E-state index < -0.39 is 20.2 Å². The molecule has 0 aromatic rings. The first-order valence-electron chi connectivity index (χ1n) is 7.80. The molecule has 9 heteroatoms. The molecular weight excluding hydrogens is 326 g/mol. The van der Waals surface area contributed by atoms with Crippen molar-refractivity contribution in [2.45, 2.75) is 39.2 Å². The lowest BCUT2D eigenvalue weighted by Crippen LogP contribution is -2.55. The molecule has 130 valence electrons. The molecular formula is C13H27N3O4S2. The number of nitrogens with zero attached hydrogens (tertiary/aromatic N) is 2. The molecule has 0 unspecified atom stereocenters. The monoisotopic (exact) mass is 353 g/mol. The maximum Gasteiger partial charge on any atom is 0.282 e. The number of piperidine rings is 2. The first-order chi connectivity index (χ1) is 10.1. The lowest BCUT2D eigenvalue weighted by Gasteiger charge is -2.39. The van der Waals surface area contributed by atoms with E-state index in [4.69, 9.17) is 0 Å². The summed E-state index contributed by atoms with van der Waals surface area (Å²) in [5.41, 5.74) is 0. The van der Waals surface area contributed by atoms with Crippen LogP contribution in [0.3, 0.4) is 0 Å². The lowest BCUT2D eigenvalue weighted by atomic mass is 9.94. The van der Waals surface area contributed by atoms with Crippen molar-refractivity contribution >= 4 is 20.2 Å². The van der Waals surface area contributed by atoms with E-state index in [9.17, 15) is 16.8 Å². The third-order valence-corrected chi connectivity index (χ3v) is 6.95. The Morgan fingerprint density at radius 1 is 0.955 bits per heavy atom. The van der Waals surface area contributed by atoms with E-state index in [1.807, 2.05) is 0 Å². The van der Waals surface area contributed by atoms with Crippen molar-refractivity contribution in [3.8, 4) is 0 Å². The zero-order valence-corrected chi connectivity index (χ0v) is 15.2.